The zero-order valence-electron chi connectivity index (χ0n) is 30.2. The van der Waals surface area contributed by atoms with E-state index in [1.807, 2.05) is 30.0 Å². The van der Waals surface area contributed by atoms with Crippen LogP contribution in [0, 0.1) is 6.92 Å². The fraction of sp³-hybridized carbons (Fsp3) is 0.462. The second-order valence-corrected chi connectivity index (χ2v) is 13.0. The van der Waals surface area contributed by atoms with Crippen LogP contribution in [0.15, 0.2) is 60.7 Å². The highest BCUT2D eigenvalue weighted by atomic mass is 16.5. The molecule has 1 heterocycles. The first-order valence-electron chi connectivity index (χ1n) is 17.5. The lowest BCUT2D eigenvalue weighted by atomic mass is 10.0. The number of aryl methyl sites for hydroxylation is 1. The van der Waals surface area contributed by atoms with Gasteiger partial charge in [-0.15, -0.1) is 0 Å². The van der Waals surface area contributed by atoms with Gasteiger partial charge in [-0.3, -0.25) is 14.4 Å². The third-order valence-corrected chi connectivity index (χ3v) is 9.03. The average Bonchev–Trinajstić information content (AvgIpc) is 3.12. The summed E-state index contributed by atoms with van der Waals surface area (Å²) < 4.78 is 17.4. The number of likely N-dealkylation sites (tertiary alicyclic amines) is 1. The molecule has 1 aliphatic rings. The summed E-state index contributed by atoms with van der Waals surface area (Å²) >= 11 is 0. The topological polar surface area (TPSA) is 127 Å². The highest BCUT2D eigenvalue weighted by Gasteiger charge is 2.24. The van der Waals surface area contributed by atoms with Crippen molar-refractivity contribution in [2.75, 3.05) is 71.3 Å². The molecule has 1 aliphatic heterocycles. The molecule has 50 heavy (non-hydrogen) atoms. The Morgan fingerprint density at radius 1 is 0.860 bits per heavy atom. The van der Waals surface area contributed by atoms with Gasteiger partial charge in [0.15, 0.2) is 0 Å². The molecule has 0 saturated carbocycles. The van der Waals surface area contributed by atoms with E-state index in [1.54, 1.807) is 54.4 Å². The number of hydrogen-bond donors (Lipinski definition) is 2. The van der Waals surface area contributed by atoms with Crippen molar-refractivity contribution in [1.82, 2.24) is 9.80 Å². The van der Waals surface area contributed by atoms with Crippen LogP contribution in [0.1, 0.15) is 71.2 Å². The number of nitrogens with two attached hydrogens (primary N) is 1. The normalized spacial score (nSPS) is 13.2. The number of nitrogens with zero attached hydrogens (tertiary/aromatic N) is 3. The molecule has 11 nitrogen and oxygen atoms in total. The summed E-state index contributed by atoms with van der Waals surface area (Å²) in [5.74, 6) is 1.20. The fourth-order valence-electron chi connectivity index (χ4n) is 5.97. The lowest BCUT2D eigenvalue weighted by Crippen LogP contribution is -2.44. The standard InChI is InChI=1S/C39H53N5O6/c1-28-14-17-34(36(25-28)50-23-8-6-7-13-37(45)44-21-18-31(19-22-44)42(2)3)43(4)39(47)30-15-16-33(35(27-30)48-5)41-38(46)29-11-9-12-32(26-29)49-24-10-20-40/h9,11-12,14-17,25-27,31H,6-8,10,13,18-24,40H2,1-5H3,(H,41,46). The van der Waals surface area contributed by atoms with Crippen LogP contribution in [0.3, 0.4) is 0 Å². The Bertz CT molecular complexity index is 1590. The summed E-state index contributed by atoms with van der Waals surface area (Å²) in [5, 5.41) is 2.87. The van der Waals surface area contributed by atoms with Gasteiger partial charge in [-0.2, -0.15) is 0 Å². The number of carbonyl (C=O) groups excluding carboxylic acids is 3. The predicted molar refractivity (Wildman–Crippen MR) is 198 cm³/mol. The fourth-order valence-corrected chi connectivity index (χ4v) is 5.97. The van der Waals surface area contributed by atoms with Gasteiger partial charge in [-0.05, 0) is 120 Å². The molecule has 0 spiro atoms. The van der Waals surface area contributed by atoms with Gasteiger partial charge in [-0.25, -0.2) is 0 Å². The van der Waals surface area contributed by atoms with E-state index in [4.69, 9.17) is 19.9 Å². The van der Waals surface area contributed by atoms with Crippen LogP contribution in [-0.2, 0) is 4.79 Å². The molecular formula is C39H53N5O6. The summed E-state index contributed by atoms with van der Waals surface area (Å²) in [5.41, 5.74) is 8.44. The zero-order chi connectivity index (χ0) is 36.0. The zero-order valence-corrected chi connectivity index (χ0v) is 30.2. The van der Waals surface area contributed by atoms with Crippen LogP contribution in [-0.4, -0.2) is 94.7 Å². The average molecular weight is 688 g/mol. The maximum absolute atomic E-state index is 13.7. The molecule has 3 aromatic carbocycles. The Kier molecular flexibility index (Phi) is 14.5. The smallest absolute Gasteiger partial charge is 0.258 e. The van der Waals surface area contributed by atoms with E-state index >= 15 is 0 Å². The quantitative estimate of drug-likeness (QED) is 0.172. The van der Waals surface area contributed by atoms with E-state index in [2.05, 4.69) is 24.3 Å². The third kappa shape index (κ3) is 10.7. The second-order valence-electron chi connectivity index (χ2n) is 13.0. The van der Waals surface area contributed by atoms with E-state index in [9.17, 15) is 14.4 Å². The van der Waals surface area contributed by atoms with E-state index in [-0.39, 0.29) is 17.7 Å². The van der Waals surface area contributed by atoms with E-state index in [1.165, 1.54) is 7.11 Å². The number of carbonyl (C=O) groups is 3. The Balaban J connectivity index is 1.31. The Hall–Kier alpha value is -4.61. The van der Waals surface area contributed by atoms with Gasteiger partial charge < -0.3 is 40.0 Å². The van der Waals surface area contributed by atoms with Crippen LogP contribution in [0.25, 0.3) is 0 Å². The van der Waals surface area contributed by atoms with Gasteiger partial charge in [0.05, 0.1) is 31.7 Å². The van der Waals surface area contributed by atoms with Crippen molar-refractivity contribution in [2.45, 2.75) is 57.9 Å². The van der Waals surface area contributed by atoms with Crippen molar-refractivity contribution in [1.29, 1.82) is 0 Å². The van der Waals surface area contributed by atoms with Gasteiger partial charge in [0.25, 0.3) is 11.8 Å². The number of methoxy groups -OCH3 is 1. The van der Waals surface area contributed by atoms with Gasteiger partial charge in [0.2, 0.25) is 5.91 Å². The molecule has 11 heteroatoms. The Morgan fingerprint density at radius 3 is 2.34 bits per heavy atom. The lowest BCUT2D eigenvalue weighted by Gasteiger charge is -2.35. The molecule has 0 radical (unpaired) electrons. The molecule has 1 saturated heterocycles. The number of anilines is 2. The molecule has 4 rings (SSSR count). The second kappa shape index (κ2) is 19.0. The molecule has 3 aromatic rings. The van der Waals surface area contributed by atoms with Crippen molar-refractivity contribution in [3.8, 4) is 17.2 Å². The Morgan fingerprint density at radius 2 is 1.62 bits per heavy atom. The van der Waals surface area contributed by atoms with E-state index in [0.717, 1.165) is 50.8 Å². The van der Waals surface area contributed by atoms with Crippen LogP contribution in [0.2, 0.25) is 0 Å². The minimum Gasteiger partial charge on any atom is -0.495 e. The molecule has 0 bridgehead atoms. The molecule has 3 N–H and O–H groups in total. The molecule has 270 valence electrons. The molecule has 1 fully saturated rings. The number of piperidine rings is 1. The number of unbranched alkanes of at least 4 members (excludes halogenated alkanes) is 2. The molecule has 0 unspecified atom stereocenters. The SMILES string of the molecule is COc1cc(C(=O)N(C)c2ccc(C)cc2OCCCCCC(=O)N2CCC(N(C)C)CC2)ccc1NC(=O)c1cccc(OCCCN)c1. The number of amides is 3. The van der Waals surface area contributed by atoms with Gasteiger partial charge in [-0.1, -0.05) is 12.1 Å². The minimum atomic E-state index is -0.336. The van der Waals surface area contributed by atoms with Crippen molar-refractivity contribution in [3.05, 3.63) is 77.4 Å². The summed E-state index contributed by atoms with van der Waals surface area (Å²) in [6, 6.07) is 18.1. The van der Waals surface area contributed by atoms with E-state index < -0.39 is 0 Å². The molecule has 0 aliphatic carbocycles. The Labute approximate surface area is 296 Å². The number of hydrogen-bond acceptors (Lipinski definition) is 8. The summed E-state index contributed by atoms with van der Waals surface area (Å²) in [4.78, 5) is 45.2. The van der Waals surface area contributed by atoms with Crippen LogP contribution in [0.5, 0.6) is 17.2 Å². The maximum Gasteiger partial charge on any atom is 0.258 e. The molecule has 0 aromatic heterocycles. The highest BCUT2D eigenvalue weighted by molar-refractivity contribution is 6.08. The number of ether oxygens (including phenoxy) is 3. The van der Waals surface area contributed by atoms with Crippen LogP contribution in [0.4, 0.5) is 11.4 Å². The predicted octanol–water partition coefficient (Wildman–Crippen LogP) is 5.75. The highest BCUT2D eigenvalue weighted by Crippen LogP contribution is 2.32. The largest absolute Gasteiger partial charge is 0.495 e. The van der Waals surface area contributed by atoms with E-state index in [0.29, 0.717) is 78.4 Å². The van der Waals surface area contributed by atoms with Gasteiger partial charge in [0.1, 0.15) is 17.2 Å². The first-order valence-corrected chi connectivity index (χ1v) is 17.5. The summed E-state index contributed by atoms with van der Waals surface area (Å²) in [6.07, 6.45) is 5.84. The van der Waals surface area contributed by atoms with Crippen molar-refractivity contribution >= 4 is 29.1 Å². The number of benzene rings is 3. The summed E-state index contributed by atoms with van der Waals surface area (Å²) in [6.45, 7) is 5.12. The maximum atomic E-state index is 13.7. The number of nitrogens with one attached hydrogen (secondary N) is 1. The molecule has 3 amide bonds. The van der Waals surface area contributed by atoms with Gasteiger partial charge in [0, 0.05) is 43.7 Å². The lowest BCUT2D eigenvalue weighted by molar-refractivity contribution is -0.132. The number of rotatable bonds is 17. The summed E-state index contributed by atoms with van der Waals surface area (Å²) in [7, 11) is 7.40. The minimum absolute atomic E-state index is 0.242. The van der Waals surface area contributed by atoms with Gasteiger partial charge >= 0.3 is 0 Å². The van der Waals surface area contributed by atoms with Crippen molar-refractivity contribution < 1.29 is 28.6 Å². The third-order valence-electron chi connectivity index (χ3n) is 9.03. The van der Waals surface area contributed by atoms with Crippen LogP contribution < -0.4 is 30.2 Å². The van der Waals surface area contributed by atoms with Crippen molar-refractivity contribution in [3.63, 3.8) is 0 Å². The molecular weight excluding hydrogens is 634 g/mol. The van der Waals surface area contributed by atoms with Crippen LogP contribution >= 0.6 is 0 Å². The van der Waals surface area contributed by atoms with Crippen molar-refractivity contribution in [2.24, 2.45) is 5.73 Å². The first-order chi connectivity index (χ1) is 24.1. The molecule has 0 atom stereocenters. The first kappa shape index (κ1) is 38.2. The monoisotopic (exact) mass is 687 g/mol.